The Hall–Kier alpha value is -0.840. The zero-order valence-corrected chi connectivity index (χ0v) is 6.01. The molecule has 0 aromatic heterocycles. The molecule has 0 saturated heterocycles. The van der Waals surface area contributed by atoms with Crippen molar-refractivity contribution in [3.05, 3.63) is 0 Å². The van der Waals surface area contributed by atoms with Crippen molar-refractivity contribution in [1.82, 2.24) is 0 Å². The molecule has 54 valence electrons. The first-order valence-corrected chi connectivity index (χ1v) is 3.48. The first-order valence-electron chi connectivity index (χ1n) is 2.60. The van der Waals surface area contributed by atoms with E-state index in [0.29, 0.717) is 5.04 Å². The quantitative estimate of drug-likeness (QED) is 0.552. The van der Waals surface area contributed by atoms with E-state index in [-0.39, 0.29) is 0 Å². The van der Waals surface area contributed by atoms with E-state index in [1.165, 1.54) is 0 Å². The number of carbonyl (C=O) groups is 2. The van der Waals surface area contributed by atoms with Crippen LogP contribution in [0.3, 0.4) is 0 Å². The van der Waals surface area contributed by atoms with Crippen molar-refractivity contribution in [2.45, 2.75) is 12.2 Å². The third-order valence-electron chi connectivity index (χ3n) is 1.00. The van der Waals surface area contributed by atoms with Crippen LogP contribution in [0.1, 0.15) is 6.92 Å². The van der Waals surface area contributed by atoms with Crippen molar-refractivity contribution in [2.24, 2.45) is 4.99 Å². The molecule has 1 amide bonds. The molecule has 0 aromatic carbocycles. The molecule has 1 aliphatic rings. The van der Waals surface area contributed by atoms with Crippen molar-refractivity contribution < 1.29 is 14.7 Å². The number of amides is 1. The van der Waals surface area contributed by atoms with Gasteiger partial charge < -0.3 is 5.11 Å². The maximum absolute atomic E-state index is 10.6. The standard InChI is InChI=1S/C5H5NO3S/c1-2-6-4(7)3(10-2)5(8)9/h3H,1H3,(H,8,9). The predicted molar refractivity (Wildman–Crippen MR) is 37.1 cm³/mol. The highest BCUT2D eigenvalue weighted by molar-refractivity contribution is 8.16. The molecule has 1 heterocycles. The summed E-state index contributed by atoms with van der Waals surface area (Å²) in [4.78, 5) is 24.3. The number of carbonyl (C=O) groups excluding carboxylic acids is 1. The molecule has 5 heteroatoms. The van der Waals surface area contributed by atoms with Crippen LogP contribution in [0.4, 0.5) is 0 Å². The number of rotatable bonds is 1. The second-order valence-electron chi connectivity index (χ2n) is 1.81. The van der Waals surface area contributed by atoms with Gasteiger partial charge in [0.2, 0.25) is 0 Å². The van der Waals surface area contributed by atoms with Gasteiger partial charge in [-0.05, 0) is 6.92 Å². The third-order valence-corrected chi connectivity index (χ3v) is 2.08. The fourth-order valence-corrected chi connectivity index (χ4v) is 1.36. The normalized spacial score (nSPS) is 24.7. The summed E-state index contributed by atoms with van der Waals surface area (Å²) in [6, 6.07) is 0. The van der Waals surface area contributed by atoms with Crippen LogP contribution in [0, 0.1) is 0 Å². The highest BCUT2D eigenvalue weighted by Crippen LogP contribution is 2.21. The van der Waals surface area contributed by atoms with Gasteiger partial charge in [0.25, 0.3) is 5.91 Å². The van der Waals surface area contributed by atoms with Crippen LogP contribution in [0.25, 0.3) is 0 Å². The van der Waals surface area contributed by atoms with Crippen molar-refractivity contribution >= 4 is 28.7 Å². The molecule has 0 saturated carbocycles. The lowest BCUT2D eigenvalue weighted by molar-refractivity contribution is -0.139. The average Bonchev–Trinajstić information content (AvgIpc) is 2.10. The summed E-state index contributed by atoms with van der Waals surface area (Å²) in [7, 11) is 0. The van der Waals surface area contributed by atoms with Crippen molar-refractivity contribution in [2.75, 3.05) is 0 Å². The van der Waals surface area contributed by atoms with Gasteiger partial charge in [0.1, 0.15) is 0 Å². The van der Waals surface area contributed by atoms with E-state index in [9.17, 15) is 9.59 Å². The molecule has 1 atom stereocenters. The van der Waals surface area contributed by atoms with Crippen LogP contribution in [0.2, 0.25) is 0 Å². The Kier molecular flexibility index (Phi) is 1.76. The molecule has 0 aliphatic carbocycles. The lowest BCUT2D eigenvalue weighted by Crippen LogP contribution is -2.21. The fourth-order valence-electron chi connectivity index (χ4n) is 0.617. The maximum atomic E-state index is 10.6. The Morgan fingerprint density at radius 1 is 1.80 bits per heavy atom. The first kappa shape index (κ1) is 7.27. The number of nitrogens with zero attached hydrogens (tertiary/aromatic N) is 1. The first-order chi connectivity index (χ1) is 4.61. The zero-order chi connectivity index (χ0) is 7.72. The van der Waals surface area contributed by atoms with E-state index in [1.807, 2.05) is 0 Å². The highest BCUT2D eigenvalue weighted by Gasteiger charge is 2.32. The zero-order valence-electron chi connectivity index (χ0n) is 5.20. The summed E-state index contributed by atoms with van der Waals surface area (Å²) in [5.74, 6) is -1.68. The lowest BCUT2D eigenvalue weighted by Gasteiger charge is -1.95. The van der Waals surface area contributed by atoms with Gasteiger partial charge >= 0.3 is 5.97 Å². The van der Waals surface area contributed by atoms with Gasteiger partial charge in [0.05, 0.1) is 5.04 Å². The Labute approximate surface area is 61.3 Å². The molecule has 0 bridgehead atoms. The van der Waals surface area contributed by atoms with Gasteiger partial charge in [-0.15, -0.1) is 0 Å². The molecule has 1 rings (SSSR count). The van der Waals surface area contributed by atoms with Crippen LogP contribution in [-0.4, -0.2) is 27.3 Å². The predicted octanol–water partition coefficient (Wildman–Crippen LogP) is 0.131. The number of hydrogen-bond acceptors (Lipinski definition) is 3. The number of aliphatic imine (C=N–C) groups is 1. The number of hydrogen-bond donors (Lipinski definition) is 1. The van der Waals surface area contributed by atoms with Crippen LogP contribution < -0.4 is 0 Å². The summed E-state index contributed by atoms with van der Waals surface area (Å²) >= 11 is 0.983. The Morgan fingerprint density at radius 2 is 2.40 bits per heavy atom. The second kappa shape index (κ2) is 2.42. The van der Waals surface area contributed by atoms with Crippen molar-refractivity contribution in [1.29, 1.82) is 0 Å². The Balaban J connectivity index is 2.73. The number of aliphatic carboxylic acids is 1. The van der Waals surface area contributed by atoms with Gasteiger partial charge in [0, 0.05) is 0 Å². The van der Waals surface area contributed by atoms with Crippen molar-refractivity contribution in [3.8, 4) is 0 Å². The minimum Gasteiger partial charge on any atom is -0.480 e. The molecule has 0 aromatic rings. The summed E-state index contributed by atoms with van der Waals surface area (Å²) in [6.07, 6.45) is 0. The molecular formula is C5H5NO3S. The molecule has 1 unspecified atom stereocenters. The number of carboxylic acid groups (broad SMARTS) is 1. The summed E-state index contributed by atoms with van der Waals surface area (Å²) < 4.78 is 0. The SMILES string of the molecule is CC1=NC(=O)C(C(=O)O)S1. The fraction of sp³-hybridized carbons (Fsp3) is 0.400. The topological polar surface area (TPSA) is 66.7 Å². The van der Waals surface area contributed by atoms with Crippen LogP contribution in [-0.2, 0) is 9.59 Å². The molecule has 0 radical (unpaired) electrons. The van der Waals surface area contributed by atoms with E-state index >= 15 is 0 Å². The van der Waals surface area contributed by atoms with Crippen molar-refractivity contribution in [3.63, 3.8) is 0 Å². The van der Waals surface area contributed by atoms with E-state index < -0.39 is 17.1 Å². The Morgan fingerprint density at radius 3 is 2.60 bits per heavy atom. The van der Waals surface area contributed by atoms with Crippen LogP contribution >= 0.6 is 11.8 Å². The largest absolute Gasteiger partial charge is 0.480 e. The molecular weight excluding hydrogens is 154 g/mol. The van der Waals surface area contributed by atoms with Gasteiger partial charge in [-0.2, -0.15) is 0 Å². The molecule has 4 nitrogen and oxygen atoms in total. The van der Waals surface area contributed by atoms with Gasteiger partial charge in [0.15, 0.2) is 5.25 Å². The van der Waals surface area contributed by atoms with E-state index in [4.69, 9.17) is 5.11 Å². The lowest BCUT2D eigenvalue weighted by atomic mass is 10.4. The number of carboxylic acids is 1. The van der Waals surface area contributed by atoms with E-state index in [1.54, 1.807) is 6.92 Å². The summed E-state index contributed by atoms with van der Waals surface area (Å²) in [5.41, 5.74) is 0. The minimum absolute atomic E-state index is 0.525. The van der Waals surface area contributed by atoms with Crippen LogP contribution in [0.15, 0.2) is 4.99 Å². The summed E-state index contributed by atoms with van der Waals surface area (Å²) in [6.45, 7) is 1.62. The molecule has 0 fully saturated rings. The highest BCUT2D eigenvalue weighted by atomic mass is 32.2. The molecule has 1 aliphatic heterocycles. The van der Waals surface area contributed by atoms with E-state index in [2.05, 4.69) is 4.99 Å². The van der Waals surface area contributed by atoms with E-state index in [0.717, 1.165) is 11.8 Å². The van der Waals surface area contributed by atoms with Crippen LogP contribution in [0.5, 0.6) is 0 Å². The molecule has 0 spiro atoms. The molecule has 10 heavy (non-hydrogen) atoms. The van der Waals surface area contributed by atoms with Gasteiger partial charge in [-0.3, -0.25) is 9.59 Å². The average molecular weight is 159 g/mol. The number of thioether (sulfide) groups is 1. The minimum atomic E-state index is -1.12. The molecule has 1 N–H and O–H groups in total. The maximum Gasteiger partial charge on any atom is 0.326 e. The summed E-state index contributed by atoms with van der Waals surface area (Å²) in [5, 5.41) is 7.91. The Bertz CT molecular complexity index is 223. The smallest absolute Gasteiger partial charge is 0.326 e. The third kappa shape index (κ3) is 1.18. The van der Waals surface area contributed by atoms with Gasteiger partial charge in [-0.1, -0.05) is 11.8 Å². The van der Waals surface area contributed by atoms with Gasteiger partial charge in [-0.25, -0.2) is 4.99 Å². The second-order valence-corrected chi connectivity index (χ2v) is 3.10. The monoisotopic (exact) mass is 159 g/mol.